The highest BCUT2D eigenvalue weighted by atomic mass is 19.1. The molecular formula is C24H37FO6. The number of fused-ring (bicyclic) bond motifs is 5. The lowest BCUT2D eigenvalue weighted by Gasteiger charge is -2.65. The van der Waals surface area contributed by atoms with Gasteiger partial charge in [0.1, 0.15) is 17.4 Å². The summed E-state index contributed by atoms with van der Waals surface area (Å²) in [6, 6.07) is 0. The summed E-state index contributed by atoms with van der Waals surface area (Å²) in [4.78, 5) is 24.3. The Bertz CT molecular complexity index is 773. The van der Waals surface area contributed by atoms with E-state index in [-0.39, 0.29) is 36.5 Å². The van der Waals surface area contributed by atoms with Crippen LogP contribution in [0.15, 0.2) is 0 Å². The van der Waals surface area contributed by atoms with Crippen molar-refractivity contribution in [3.63, 3.8) is 0 Å². The number of ether oxygens (including phenoxy) is 1. The van der Waals surface area contributed by atoms with Crippen molar-refractivity contribution < 1.29 is 34.0 Å². The van der Waals surface area contributed by atoms with E-state index >= 15 is 4.39 Å². The van der Waals surface area contributed by atoms with Crippen LogP contribution in [0.4, 0.5) is 4.39 Å². The van der Waals surface area contributed by atoms with Crippen molar-refractivity contribution in [2.45, 2.75) is 96.1 Å². The number of hydrogen-bond acceptors (Lipinski definition) is 6. The van der Waals surface area contributed by atoms with E-state index in [1.54, 1.807) is 0 Å². The average Bonchev–Trinajstić information content (AvgIpc) is 2.90. The zero-order valence-electron chi connectivity index (χ0n) is 19.1. The zero-order valence-corrected chi connectivity index (χ0v) is 19.1. The number of halogens is 1. The molecular weight excluding hydrogens is 403 g/mol. The van der Waals surface area contributed by atoms with E-state index in [1.807, 2.05) is 20.8 Å². The van der Waals surface area contributed by atoms with Crippen LogP contribution in [-0.4, -0.2) is 57.2 Å². The molecule has 4 aliphatic rings. The van der Waals surface area contributed by atoms with Gasteiger partial charge < -0.3 is 20.1 Å². The molecule has 10 atom stereocenters. The molecule has 3 N–H and O–H groups in total. The minimum absolute atomic E-state index is 0.0488. The summed E-state index contributed by atoms with van der Waals surface area (Å²) in [7, 11) is 0. The molecule has 0 amide bonds. The maximum Gasteiger partial charge on any atom is 0.303 e. The van der Waals surface area contributed by atoms with Crippen molar-refractivity contribution in [3.8, 4) is 0 Å². The van der Waals surface area contributed by atoms with Crippen LogP contribution in [-0.2, 0) is 14.3 Å². The monoisotopic (exact) mass is 440 g/mol. The largest absolute Gasteiger partial charge is 0.458 e. The molecule has 176 valence electrons. The number of carbonyl (C=O) groups is 2. The van der Waals surface area contributed by atoms with Crippen LogP contribution >= 0.6 is 0 Å². The number of carbonyl (C=O) groups excluding carboxylic acids is 2. The molecule has 0 spiro atoms. The van der Waals surface area contributed by atoms with Gasteiger partial charge in [0, 0.05) is 24.2 Å². The first-order valence-corrected chi connectivity index (χ1v) is 11.7. The fourth-order valence-electron chi connectivity index (χ4n) is 8.42. The quantitative estimate of drug-likeness (QED) is 0.583. The molecule has 0 bridgehead atoms. The Morgan fingerprint density at radius 2 is 1.71 bits per heavy atom. The van der Waals surface area contributed by atoms with Crippen molar-refractivity contribution in [1.82, 2.24) is 0 Å². The Kier molecular flexibility index (Phi) is 5.39. The standard InChI is InChI=1S/C24H37FO6/c1-13-9-18-16-10-19(25)23(29)11-15(27)5-7-21(23,3)17(16)6-8-22(18,4)24(13,30)20(28)12-31-14(2)26/h13,15-19,27,29-30H,5-12H2,1-4H3/t13-,15-,16-,17+,18+,19-,21-,22+,23-,24-/m1/s1. The van der Waals surface area contributed by atoms with E-state index < -0.39 is 52.7 Å². The topological polar surface area (TPSA) is 104 Å². The molecule has 0 heterocycles. The van der Waals surface area contributed by atoms with Crippen molar-refractivity contribution in [3.05, 3.63) is 0 Å². The Balaban J connectivity index is 1.67. The third-order valence-electron chi connectivity index (χ3n) is 10.2. The van der Waals surface area contributed by atoms with Gasteiger partial charge in [0.15, 0.2) is 6.61 Å². The third-order valence-corrected chi connectivity index (χ3v) is 10.2. The molecule has 0 aromatic rings. The first kappa shape index (κ1) is 23.1. The Morgan fingerprint density at radius 3 is 2.35 bits per heavy atom. The van der Waals surface area contributed by atoms with Crippen LogP contribution < -0.4 is 0 Å². The summed E-state index contributed by atoms with van der Waals surface area (Å²) in [5.41, 5.74) is -4.53. The molecule has 0 radical (unpaired) electrons. The highest BCUT2D eigenvalue weighted by Crippen LogP contribution is 2.70. The van der Waals surface area contributed by atoms with Crippen LogP contribution in [0.5, 0.6) is 0 Å². The third kappa shape index (κ3) is 2.91. The maximum absolute atomic E-state index is 15.6. The van der Waals surface area contributed by atoms with Crippen LogP contribution in [0.3, 0.4) is 0 Å². The van der Waals surface area contributed by atoms with Crippen molar-refractivity contribution >= 4 is 11.8 Å². The molecule has 31 heavy (non-hydrogen) atoms. The molecule has 4 fully saturated rings. The Hall–Kier alpha value is -1.05. The summed E-state index contributed by atoms with van der Waals surface area (Å²) in [6.07, 6.45) is 1.13. The fraction of sp³-hybridized carbons (Fsp3) is 0.917. The number of aliphatic hydroxyl groups excluding tert-OH is 1. The summed E-state index contributed by atoms with van der Waals surface area (Å²) in [5, 5.41) is 33.3. The lowest BCUT2D eigenvalue weighted by Crippen LogP contribution is -2.68. The number of Topliss-reactive ketones (excluding diaryl/α,β-unsaturated/α-hetero) is 1. The SMILES string of the molecule is CC(=O)OCC(=O)[C@]1(O)[C@H](C)C[C@H]2[C@@H]3C[C@@H](F)[C@]4(O)C[C@H](O)CC[C@]4(C)[C@H]3CC[C@@]21C. The molecule has 6 nitrogen and oxygen atoms in total. The van der Waals surface area contributed by atoms with E-state index in [0.29, 0.717) is 32.1 Å². The van der Waals surface area contributed by atoms with Crippen LogP contribution in [0, 0.1) is 34.5 Å². The number of aliphatic hydroxyl groups is 3. The van der Waals surface area contributed by atoms with Gasteiger partial charge in [-0.15, -0.1) is 0 Å². The molecule has 0 unspecified atom stereocenters. The van der Waals surface area contributed by atoms with E-state index in [2.05, 4.69) is 0 Å². The fourth-order valence-corrected chi connectivity index (χ4v) is 8.42. The van der Waals surface area contributed by atoms with E-state index in [1.165, 1.54) is 6.92 Å². The molecule has 4 aliphatic carbocycles. The smallest absolute Gasteiger partial charge is 0.303 e. The van der Waals surface area contributed by atoms with E-state index in [0.717, 1.165) is 0 Å². The molecule has 0 aromatic heterocycles. The number of rotatable bonds is 3. The average molecular weight is 441 g/mol. The second-order valence-corrected chi connectivity index (χ2v) is 11.4. The minimum atomic E-state index is -1.62. The van der Waals surface area contributed by atoms with Gasteiger partial charge in [-0.2, -0.15) is 0 Å². The Labute approximate surface area is 183 Å². The summed E-state index contributed by atoms with van der Waals surface area (Å²) < 4.78 is 20.5. The molecule has 0 aromatic carbocycles. The van der Waals surface area contributed by atoms with Crippen LogP contribution in [0.25, 0.3) is 0 Å². The molecule has 7 heteroatoms. The van der Waals surface area contributed by atoms with Crippen molar-refractivity contribution in [2.75, 3.05) is 6.61 Å². The first-order chi connectivity index (χ1) is 14.3. The molecule has 0 aliphatic heterocycles. The number of alkyl halides is 1. The van der Waals surface area contributed by atoms with Crippen molar-refractivity contribution in [2.24, 2.45) is 34.5 Å². The van der Waals surface area contributed by atoms with Gasteiger partial charge in [0.2, 0.25) is 5.78 Å². The maximum atomic E-state index is 15.6. The van der Waals surface area contributed by atoms with Crippen molar-refractivity contribution in [1.29, 1.82) is 0 Å². The van der Waals surface area contributed by atoms with Gasteiger partial charge in [0.05, 0.1) is 6.10 Å². The second kappa shape index (κ2) is 7.22. The number of hydrogen-bond donors (Lipinski definition) is 3. The van der Waals surface area contributed by atoms with Gasteiger partial charge in [-0.05, 0) is 62.2 Å². The highest BCUT2D eigenvalue weighted by Gasteiger charge is 2.72. The van der Waals surface area contributed by atoms with Gasteiger partial charge in [-0.1, -0.05) is 20.8 Å². The number of ketones is 1. The lowest BCUT2D eigenvalue weighted by atomic mass is 9.42. The van der Waals surface area contributed by atoms with Gasteiger partial charge in [0.25, 0.3) is 0 Å². The van der Waals surface area contributed by atoms with E-state index in [9.17, 15) is 24.9 Å². The van der Waals surface area contributed by atoms with Gasteiger partial charge >= 0.3 is 5.97 Å². The van der Waals surface area contributed by atoms with E-state index in [4.69, 9.17) is 4.74 Å². The highest BCUT2D eigenvalue weighted by molar-refractivity contribution is 5.91. The summed E-state index contributed by atoms with van der Waals surface area (Å²) in [5.74, 6) is -1.40. The van der Waals surface area contributed by atoms with Crippen LogP contribution in [0.1, 0.15) is 72.6 Å². The number of esters is 1. The predicted molar refractivity (Wildman–Crippen MR) is 111 cm³/mol. The lowest BCUT2D eigenvalue weighted by molar-refractivity contribution is -0.253. The summed E-state index contributed by atoms with van der Waals surface area (Å²) >= 11 is 0. The van der Waals surface area contributed by atoms with Gasteiger partial charge in [-0.3, -0.25) is 9.59 Å². The minimum Gasteiger partial charge on any atom is -0.458 e. The predicted octanol–water partition coefficient (Wildman–Crippen LogP) is 2.56. The molecule has 0 saturated heterocycles. The van der Waals surface area contributed by atoms with Crippen LogP contribution in [0.2, 0.25) is 0 Å². The van der Waals surface area contributed by atoms with Gasteiger partial charge in [-0.25, -0.2) is 4.39 Å². The second-order valence-electron chi connectivity index (χ2n) is 11.4. The summed E-state index contributed by atoms with van der Waals surface area (Å²) in [6.45, 7) is 6.55. The molecule has 4 rings (SSSR count). The first-order valence-electron chi connectivity index (χ1n) is 11.7. The molecule has 4 saturated carbocycles. The normalized spacial score (nSPS) is 53.8. The zero-order chi connectivity index (χ0) is 23.0. The Morgan fingerprint density at radius 1 is 1.06 bits per heavy atom.